The second-order valence-corrected chi connectivity index (χ2v) is 6.04. The van der Waals surface area contributed by atoms with Gasteiger partial charge in [0.15, 0.2) is 0 Å². The second-order valence-electron chi connectivity index (χ2n) is 5.01. The number of thiophene rings is 1. The number of likely N-dealkylation sites (N-methyl/N-ethyl adjacent to an activating group) is 1. The fourth-order valence-corrected chi connectivity index (χ4v) is 3.58. The molecular formula is C16H19NS. The maximum Gasteiger partial charge on any atom is 0.0366 e. The first-order chi connectivity index (χ1) is 8.86. The third kappa shape index (κ3) is 2.36. The van der Waals surface area contributed by atoms with Gasteiger partial charge in [0, 0.05) is 17.3 Å². The maximum atomic E-state index is 3.45. The van der Waals surface area contributed by atoms with Gasteiger partial charge in [-0.1, -0.05) is 24.3 Å². The van der Waals surface area contributed by atoms with Crippen LogP contribution in [-0.2, 0) is 19.3 Å². The molecule has 18 heavy (non-hydrogen) atoms. The van der Waals surface area contributed by atoms with Crippen LogP contribution in [0.2, 0.25) is 0 Å². The minimum Gasteiger partial charge on any atom is -0.313 e. The highest BCUT2D eigenvalue weighted by Crippen LogP contribution is 2.27. The summed E-state index contributed by atoms with van der Waals surface area (Å²) in [5.74, 6) is 0. The van der Waals surface area contributed by atoms with Crippen LogP contribution in [0.4, 0.5) is 0 Å². The molecule has 1 aromatic heterocycles. The van der Waals surface area contributed by atoms with E-state index in [-0.39, 0.29) is 0 Å². The number of benzene rings is 1. The molecule has 0 fully saturated rings. The van der Waals surface area contributed by atoms with Gasteiger partial charge in [-0.3, -0.25) is 0 Å². The van der Waals surface area contributed by atoms with E-state index >= 15 is 0 Å². The Morgan fingerprint density at radius 2 is 2.11 bits per heavy atom. The summed E-state index contributed by atoms with van der Waals surface area (Å²) in [6.45, 7) is 0. The summed E-state index contributed by atoms with van der Waals surface area (Å²) in [6, 6.07) is 11.8. The van der Waals surface area contributed by atoms with Crippen LogP contribution in [0, 0.1) is 0 Å². The third-order valence-corrected chi connectivity index (χ3v) is 4.76. The highest BCUT2D eigenvalue weighted by Gasteiger charge is 2.15. The van der Waals surface area contributed by atoms with Crippen molar-refractivity contribution in [1.82, 2.24) is 5.32 Å². The summed E-state index contributed by atoms with van der Waals surface area (Å²) in [4.78, 5) is 1.45. The Kier molecular flexibility index (Phi) is 3.48. The van der Waals surface area contributed by atoms with Crippen LogP contribution < -0.4 is 5.32 Å². The van der Waals surface area contributed by atoms with Crippen molar-refractivity contribution in [3.05, 3.63) is 57.3 Å². The Balaban J connectivity index is 1.83. The minimum atomic E-state index is 0.439. The number of fused-ring (bicyclic) bond motifs is 1. The summed E-state index contributed by atoms with van der Waals surface area (Å²) in [7, 11) is 2.06. The molecule has 0 bridgehead atoms. The van der Waals surface area contributed by atoms with E-state index in [0.29, 0.717) is 6.04 Å². The Morgan fingerprint density at radius 1 is 1.22 bits per heavy atom. The van der Waals surface area contributed by atoms with Crippen LogP contribution in [0.15, 0.2) is 35.7 Å². The van der Waals surface area contributed by atoms with E-state index < -0.39 is 0 Å². The number of nitrogens with one attached hydrogen (secondary N) is 1. The van der Waals surface area contributed by atoms with E-state index in [1.54, 1.807) is 11.1 Å². The van der Waals surface area contributed by atoms with Gasteiger partial charge < -0.3 is 5.32 Å². The number of rotatable bonds is 4. The van der Waals surface area contributed by atoms with Gasteiger partial charge in [-0.2, -0.15) is 0 Å². The zero-order chi connectivity index (χ0) is 12.4. The van der Waals surface area contributed by atoms with Crippen molar-refractivity contribution in [2.24, 2.45) is 0 Å². The first kappa shape index (κ1) is 11.9. The molecule has 2 heteroatoms. The predicted molar refractivity (Wildman–Crippen MR) is 78.3 cm³/mol. The molecule has 1 aliphatic rings. The molecule has 1 heterocycles. The maximum absolute atomic E-state index is 3.45. The van der Waals surface area contributed by atoms with Gasteiger partial charge in [0.25, 0.3) is 0 Å². The highest BCUT2D eigenvalue weighted by molar-refractivity contribution is 7.09. The van der Waals surface area contributed by atoms with Crippen LogP contribution in [-0.4, -0.2) is 7.05 Å². The lowest BCUT2D eigenvalue weighted by Crippen LogP contribution is -2.18. The molecule has 94 valence electrons. The second kappa shape index (κ2) is 5.25. The average Bonchev–Trinajstić information content (AvgIpc) is 3.06. The molecule has 1 aliphatic carbocycles. The van der Waals surface area contributed by atoms with E-state index in [4.69, 9.17) is 0 Å². The molecule has 0 saturated carbocycles. The van der Waals surface area contributed by atoms with E-state index in [1.807, 2.05) is 11.3 Å². The van der Waals surface area contributed by atoms with Crippen molar-refractivity contribution in [3.8, 4) is 0 Å². The van der Waals surface area contributed by atoms with Crippen molar-refractivity contribution in [2.45, 2.75) is 31.7 Å². The molecule has 1 unspecified atom stereocenters. The van der Waals surface area contributed by atoms with Gasteiger partial charge in [-0.05, 0) is 54.4 Å². The Bertz CT molecular complexity index is 516. The standard InChI is InChI=1S/C16H19NS/c1-17-16(11-15-6-3-9-18-15)14-8-7-12-4-2-5-13(12)10-14/h3,6-10,16-17H,2,4-5,11H2,1H3. The van der Waals surface area contributed by atoms with Gasteiger partial charge in [0.1, 0.15) is 0 Å². The Morgan fingerprint density at radius 3 is 2.89 bits per heavy atom. The van der Waals surface area contributed by atoms with Gasteiger partial charge in [-0.25, -0.2) is 0 Å². The van der Waals surface area contributed by atoms with Gasteiger partial charge in [-0.15, -0.1) is 11.3 Å². The smallest absolute Gasteiger partial charge is 0.0366 e. The molecule has 0 amide bonds. The van der Waals surface area contributed by atoms with E-state index in [0.717, 1.165) is 6.42 Å². The molecular weight excluding hydrogens is 238 g/mol. The summed E-state index contributed by atoms with van der Waals surface area (Å²) in [5.41, 5.74) is 4.57. The lowest BCUT2D eigenvalue weighted by atomic mass is 9.98. The molecule has 2 aromatic rings. The normalized spacial score (nSPS) is 15.6. The third-order valence-electron chi connectivity index (χ3n) is 3.86. The SMILES string of the molecule is CNC(Cc1cccs1)c1ccc2c(c1)CCC2. The molecule has 3 rings (SSSR count). The molecule has 0 saturated heterocycles. The van der Waals surface area contributed by atoms with E-state index in [9.17, 15) is 0 Å². The van der Waals surface area contributed by atoms with Gasteiger partial charge in [0.05, 0.1) is 0 Å². The Labute approximate surface area is 113 Å². The van der Waals surface area contributed by atoms with Crippen molar-refractivity contribution < 1.29 is 0 Å². The summed E-state index contributed by atoms with van der Waals surface area (Å²) in [6.07, 6.45) is 4.95. The van der Waals surface area contributed by atoms with Crippen LogP contribution in [0.5, 0.6) is 0 Å². The number of hydrogen-bond acceptors (Lipinski definition) is 2. The summed E-state index contributed by atoms with van der Waals surface area (Å²) >= 11 is 1.85. The molecule has 0 radical (unpaired) electrons. The van der Waals surface area contributed by atoms with Crippen LogP contribution in [0.3, 0.4) is 0 Å². The highest BCUT2D eigenvalue weighted by atomic mass is 32.1. The minimum absolute atomic E-state index is 0.439. The summed E-state index contributed by atoms with van der Waals surface area (Å²) in [5, 5.41) is 5.61. The van der Waals surface area contributed by atoms with Crippen molar-refractivity contribution >= 4 is 11.3 Å². The number of aryl methyl sites for hydroxylation is 2. The van der Waals surface area contributed by atoms with Crippen molar-refractivity contribution in [2.75, 3.05) is 7.05 Å². The monoisotopic (exact) mass is 257 g/mol. The predicted octanol–water partition coefficient (Wildman–Crippen LogP) is 3.74. The summed E-state index contributed by atoms with van der Waals surface area (Å²) < 4.78 is 0. The largest absolute Gasteiger partial charge is 0.313 e. The molecule has 1 N–H and O–H groups in total. The molecule has 1 nitrogen and oxygen atoms in total. The Hall–Kier alpha value is -1.12. The van der Waals surface area contributed by atoms with Crippen molar-refractivity contribution in [3.63, 3.8) is 0 Å². The fourth-order valence-electron chi connectivity index (χ4n) is 2.82. The quantitative estimate of drug-likeness (QED) is 0.880. The van der Waals surface area contributed by atoms with E-state index in [1.165, 1.54) is 29.7 Å². The van der Waals surface area contributed by atoms with Crippen LogP contribution in [0.25, 0.3) is 0 Å². The van der Waals surface area contributed by atoms with Gasteiger partial charge >= 0.3 is 0 Å². The molecule has 1 aromatic carbocycles. The lowest BCUT2D eigenvalue weighted by Gasteiger charge is -2.17. The van der Waals surface area contributed by atoms with E-state index in [2.05, 4.69) is 48.1 Å². The van der Waals surface area contributed by atoms with Crippen molar-refractivity contribution in [1.29, 1.82) is 0 Å². The molecule has 1 atom stereocenters. The zero-order valence-electron chi connectivity index (χ0n) is 10.8. The molecule has 0 spiro atoms. The average molecular weight is 257 g/mol. The number of hydrogen-bond donors (Lipinski definition) is 1. The topological polar surface area (TPSA) is 12.0 Å². The molecule has 0 aliphatic heterocycles. The first-order valence-electron chi connectivity index (χ1n) is 6.68. The lowest BCUT2D eigenvalue weighted by molar-refractivity contribution is 0.596. The van der Waals surface area contributed by atoms with Crippen LogP contribution >= 0.6 is 11.3 Å². The van der Waals surface area contributed by atoms with Gasteiger partial charge in [0.2, 0.25) is 0 Å². The first-order valence-corrected chi connectivity index (χ1v) is 7.56. The van der Waals surface area contributed by atoms with Crippen LogP contribution in [0.1, 0.15) is 34.0 Å². The fraction of sp³-hybridized carbons (Fsp3) is 0.375. The zero-order valence-corrected chi connectivity index (χ0v) is 11.6.